The molecule has 12 aromatic rings. The van der Waals surface area contributed by atoms with Crippen LogP contribution in [0.3, 0.4) is 0 Å². The molecule has 0 saturated carbocycles. The third-order valence-electron chi connectivity index (χ3n) is 14.5. The third kappa shape index (κ3) is 5.60. The lowest BCUT2D eigenvalue weighted by Crippen LogP contribution is -2.26. The predicted octanol–water partition coefficient (Wildman–Crippen LogP) is 17.2. The molecule has 0 amide bonds. The number of rotatable bonds is 7. The highest BCUT2D eigenvalue weighted by atomic mass is 15.1. The van der Waals surface area contributed by atoms with Crippen molar-refractivity contribution in [2.24, 2.45) is 0 Å². The van der Waals surface area contributed by atoms with Gasteiger partial charge in [-0.2, -0.15) is 0 Å². The Kier molecular flexibility index (Phi) is 8.50. The zero-order chi connectivity index (χ0) is 44.8. The summed E-state index contributed by atoms with van der Waals surface area (Å²) in [6, 6.07) is 96.1. The number of hydrogen-bond acceptors (Lipinski definition) is 2. The first kappa shape index (κ1) is 38.4. The zero-order valence-electron chi connectivity index (χ0n) is 37.2. The molecule has 0 radical (unpaired) electrons. The first-order valence-corrected chi connectivity index (χ1v) is 23.5. The summed E-state index contributed by atoms with van der Waals surface area (Å²) < 4.78 is 2.40. The Morgan fingerprint density at radius 1 is 0.265 bits per heavy atom. The Morgan fingerprint density at radius 3 is 1.49 bits per heavy atom. The van der Waals surface area contributed by atoms with Crippen molar-refractivity contribution in [2.45, 2.75) is 5.41 Å². The van der Waals surface area contributed by atoms with Crippen LogP contribution in [0, 0.1) is 0 Å². The molecule has 2 aliphatic rings. The molecule has 0 N–H and O–H groups in total. The van der Waals surface area contributed by atoms with Crippen molar-refractivity contribution in [3.8, 4) is 27.9 Å². The standard InChI is InChI=1S/C65H43N3/c1-4-20-46(21-5-1)66(49-33-32-44-18-10-11-19-45(44)40-49)51-34-37-55-53-26-12-15-29-59(53)65(62(55)42-51)60-30-16-13-27-54(60)58-41-50(36-39-61(58)65)67(47-22-6-2-7-23-47)52-35-38-57-56-28-14-17-31-63(56)68(64(57)43-52)48-24-8-3-9-25-48/h1-43H. The van der Waals surface area contributed by atoms with Crippen LogP contribution in [0.25, 0.3) is 60.5 Å². The highest BCUT2D eigenvalue weighted by molar-refractivity contribution is 6.10. The molecule has 0 aliphatic heterocycles. The second kappa shape index (κ2) is 15.1. The number of hydrogen-bond donors (Lipinski definition) is 0. The molecule has 1 aromatic heterocycles. The average Bonchev–Trinajstić information content (AvgIpc) is 4.01. The second-order valence-corrected chi connectivity index (χ2v) is 18.1. The number of para-hydroxylation sites is 4. The molecule has 11 aromatic carbocycles. The minimum atomic E-state index is -0.536. The topological polar surface area (TPSA) is 11.4 Å². The first-order chi connectivity index (χ1) is 33.7. The van der Waals surface area contributed by atoms with E-state index < -0.39 is 5.41 Å². The van der Waals surface area contributed by atoms with E-state index in [2.05, 4.69) is 275 Å². The molecule has 1 unspecified atom stereocenters. The summed E-state index contributed by atoms with van der Waals surface area (Å²) in [5.41, 5.74) is 20.0. The summed E-state index contributed by atoms with van der Waals surface area (Å²) in [7, 11) is 0. The molecule has 0 bridgehead atoms. The van der Waals surface area contributed by atoms with Crippen LogP contribution in [0.15, 0.2) is 261 Å². The van der Waals surface area contributed by atoms with Crippen LogP contribution in [-0.2, 0) is 5.41 Å². The quantitative estimate of drug-likeness (QED) is 0.158. The SMILES string of the molecule is c1ccc(N(c2ccc3c(c2)C2(c4ccccc4-c4cc(N(c5ccccc5)c5ccc6c7ccccc7n(-c7ccccc7)c6c5)ccc42)c2ccccc2-3)c2ccc3ccccc3c2)cc1. The lowest BCUT2D eigenvalue weighted by Gasteiger charge is -2.32. The summed E-state index contributed by atoms with van der Waals surface area (Å²) in [4.78, 5) is 4.84. The van der Waals surface area contributed by atoms with Crippen LogP contribution in [-0.4, -0.2) is 4.57 Å². The molecule has 0 fully saturated rings. The Hall–Kier alpha value is -8.92. The van der Waals surface area contributed by atoms with Gasteiger partial charge in [0.15, 0.2) is 0 Å². The van der Waals surface area contributed by atoms with Gasteiger partial charge in [0.05, 0.1) is 16.4 Å². The van der Waals surface area contributed by atoms with Crippen LogP contribution in [0.5, 0.6) is 0 Å². The Bertz CT molecular complexity index is 3930. The van der Waals surface area contributed by atoms with E-state index in [1.807, 2.05) is 0 Å². The Labute approximate surface area is 395 Å². The molecule has 3 nitrogen and oxygen atoms in total. The van der Waals surface area contributed by atoms with Crippen molar-refractivity contribution in [2.75, 3.05) is 9.80 Å². The summed E-state index contributed by atoms with van der Waals surface area (Å²) in [6.07, 6.45) is 0. The van der Waals surface area contributed by atoms with E-state index in [0.29, 0.717) is 0 Å². The van der Waals surface area contributed by atoms with Crippen molar-refractivity contribution in [1.82, 2.24) is 4.57 Å². The van der Waals surface area contributed by atoms with Crippen molar-refractivity contribution >= 4 is 66.7 Å². The molecular formula is C65H43N3. The minimum Gasteiger partial charge on any atom is -0.310 e. The lowest BCUT2D eigenvalue weighted by atomic mass is 9.70. The van der Waals surface area contributed by atoms with E-state index in [4.69, 9.17) is 0 Å². The normalized spacial score (nSPS) is 14.2. The van der Waals surface area contributed by atoms with E-state index >= 15 is 0 Å². The minimum absolute atomic E-state index is 0.536. The van der Waals surface area contributed by atoms with Gasteiger partial charge in [-0.1, -0.05) is 170 Å². The molecule has 0 saturated heterocycles. The van der Waals surface area contributed by atoms with Gasteiger partial charge in [-0.05, 0) is 146 Å². The largest absolute Gasteiger partial charge is 0.310 e. The zero-order valence-corrected chi connectivity index (χ0v) is 37.2. The molecule has 318 valence electrons. The van der Waals surface area contributed by atoms with Crippen LogP contribution in [0.4, 0.5) is 34.1 Å². The number of anilines is 6. The van der Waals surface area contributed by atoms with Gasteiger partial charge in [0, 0.05) is 50.6 Å². The van der Waals surface area contributed by atoms with E-state index in [-0.39, 0.29) is 0 Å². The van der Waals surface area contributed by atoms with Gasteiger partial charge in [0.1, 0.15) is 0 Å². The Morgan fingerprint density at radius 2 is 0.750 bits per heavy atom. The van der Waals surface area contributed by atoms with Gasteiger partial charge in [-0.25, -0.2) is 0 Å². The number of benzene rings is 11. The van der Waals surface area contributed by atoms with Gasteiger partial charge in [-0.15, -0.1) is 0 Å². The fourth-order valence-electron chi connectivity index (χ4n) is 11.7. The highest BCUT2D eigenvalue weighted by Crippen LogP contribution is 2.64. The maximum atomic E-state index is 2.48. The summed E-state index contributed by atoms with van der Waals surface area (Å²) >= 11 is 0. The van der Waals surface area contributed by atoms with Crippen molar-refractivity contribution in [1.29, 1.82) is 0 Å². The number of nitrogens with zero attached hydrogens (tertiary/aromatic N) is 3. The Balaban J connectivity index is 0.981. The van der Waals surface area contributed by atoms with E-state index in [9.17, 15) is 0 Å². The van der Waals surface area contributed by atoms with Crippen LogP contribution in [0.2, 0.25) is 0 Å². The smallest absolute Gasteiger partial charge is 0.0726 e. The monoisotopic (exact) mass is 865 g/mol. The number of fused-ring (bicyclic) bond motifs is 14. The molecule has 3 heteroatoms. The molecule has 2 aliphatic carbocycles. The maximum Gasteiger partial charge on any atom is 0.0726 e. The van der Waals surface area contributed by atoms with E-state index in [1.54, 1.807) is 0 Å². The molecule has 1 atom stereocenters. The maximum absolute atomic E-state index is 2.48. The van der Waals surface area contributed by atoms with Crippen LogP contribution in [0.1, 0.15) is 22.3 Å². The van der Waals surface area contributed by atoms with Crippen LogP contribution >= 0.6 is 0 Å². The van der Waals surface area contributed by atoms with Crippen molar-refractivity contribution in [3.05, 3.63) is 283 Å². The first-order valence-electron chi connectivity index (χ1n) is 23.5. The molecule has 14 rings (SSSR count). The highest BCUT2D eigenvalue weighted by Gasteiger charge is 2.52. The predicted molar refractivity (Wildman–Crippen MR) is 284 cm³/mol. The third-order valence-corrected chi connectivity index (χ3v) is 14.5. The summed E-state index contributed by atoms with van der Waals surface area (Å²) in [5, 5.41) is 4.92. The van der Waals surface area contributed by atoms with Crippen LogP contribution < -0.4 is 9.80 Å². The van der Waals surface area contributed by atoms with Gasteiger partial charge in [0.2, 0.25) is 0 Å². The molecule has 68 heavy (non-hydrogen) atoms. The lowest BCUT2D eigenvalue weighted by molar-refractivity contribution is 0.793. The van der Waals surface area contributed by atoms with Crippen molar-refractivity contribution in [3.63, 3.8) is 0 Å². The average molecular weight is 866 g/mol. The number of aromatic nitrogens is 1. The summed E-state index contributed by atoms with van der Waals surface area (Å²) in [5.74, 6) is 0. The van der Waals surface area contributed by atoms with Crippen molar-refractivity contribution < 1.29 is 0 Å². The van der Waals surface area contributed by atoms with Gasteiger partial charge >= 0.3 is 0 Å². The van der Waals surface area contributed by atoms with Gasteiger partial charge in [-0.3, -0.25) is 0 Å². The second-order valence-electron chi connectivity index (χ2n) is 18.1. The fourth-order valence-corrected chi connectivity index (χ4v) is 11.7. The molecule has 1 spiro atoms. The summed E-state index contributed by atoms with van der Waals surface area (Å²) in [6.45, 7) is 0. The van der Waals surface area contributed by atoms with E-state index in [0.717, 1.165) is 39.8 Å². The molecule has 1 heterocycles. The van der Waals surface area contributed by atoms with E-state index in [1.165, 1.54) is 77.1 Å². The molecular weight excluding hydrogens is 823 g/mol. The van der Waals surface area contributed by atoms with Gasteiger partial charge < -0.3 is 14.4 Å². The van der Waals surface area contributed by atoms with Gasteiger partial charge in [0.25, 0.3) is 0 Å². The fraction of sp³-hybridized carbons (Fsp3) is 0.0154.